The van der Waals surface area contributed by atoms with Crippen LogP contribution in [-0.4, -0.2) is 16.5 Å². The number of halogens is 3. The fourth-order valence-corrected chi connectivity index (χ4v) is 0.741. The van der Waals surface area contributed by atoms with E-state index >= 15 is 0 Å². The Labute approximate surface area is 74.9 Å². The number of nitrogen functional groups attached to an aromatic ring is 1. The highest BCUT2D eigenvalue weighted by Crippen LogP contribution is 2.33. The van der Waals surface area contributed by atoms with E-state index in [1.807, 2.05) is 4.98 Å². The smallest absolute Gasteiger partial charge is 0.503 e. The molecule has 0 atom stereocenters. The fourth-order valence-electron chi connectivity index (χ4n) is 0.741. The van der Waals surface area contributed by atoms with Crippen molar-refractivity contribution in [3.63, 3.8) is 0 Å². The largest absolute Gasteiger partial charge is 0.573 e. The minimum atomic E-state index is -5.01. The molecule has 0 fully saturated rings. The second-order valence-corrected chi connectivity index (χ2v) is 2.29. The van der Waals surface area contributed by atoms with Crippen molar-refractivity contribution in [1.82, 2.24) is 4.98 Å². The van der Waals surface area contributed by atoms with Crippen LogP contribution >= 0.6 is 0 Å². The number of alkyl halides is 3. The first-order chi connectivity index (χ1) is 6.31. The highest BCUT2D eigenvalue weighted by atomic mass is 19.4. The summed E-state index contributed by atoms with van der Waals surface area (Å²) in [6, 6.07) is 0. The number of H-pyrrole nitrogens is 1. The number of aromatic hydroxyl groups is 1. The Hall–Kier alpha value is -1.86. The van der Waals surface area contributed by atoms with Crippen LogP contribution in [0, 0.1) is 0 Å². The molecule has 0 aliphatic rings. The number of aromatic amines is 1. The minimum absolute atomic E-state index is 0.653. The van der Waals surface area contributed by atoms with Crippen molar-refractivity contribution < 1.29 is 23.0 Å². The van der Waals surface area contributed by atoms with Crippen LogP contribution in [-0.2, 0) is 0 Å². The minimum Gasteiger partial charge on any atom is -0.503 e. The third-order valence-electron chi connectivity index (χ3n) is 1.28. The van der Waals surface area contributed by atoms with Gasteiger partial charge in [-0.15, -0.1) is 13.2 Å². The predicted molar refractivity (Wildman–Crippen MR) is 39.8 cm³/mol. The van der Waals surface area contributed by atoms with Gasteiger partial charge in [-0.1, -0.05) is 0 Å². The highest BCUT2D eigenvalue weighted by Gasteiger charge is 2.33. The lowest BCUT2D eigenvalue weighted by Gasteiger charge is -2.11. The Balaban J connectivity index is 3.20. The van der Waals surface area contributed by atoms with Crippen LogP contribution in [0.5, 0.6) is 11.5 Å². The van der Waals surface area contributed by atoms with E-state index < -0.39 is 29.1 Å². The van der Waals surface area contributed by atoms with Crippen molar-refractivity contribution >= 4 is 5.69 Å². The van der Waals surface area contributed by atoms with Crippen molar-refractivity contribution in [2.45, 2.75) is 6.36 Å². The molecule has 0 unspecified atom stereocenters. The zero-order valence-electron chi connectivity index (χ0n) is 6.55. The third-order valence-corrected chi connectivity index (χ3v) is 1.28. The predicted octanol–water partition coefficient (Wildman–Crippen LogP) is 0.561. The van der Waals surface area contributed by atoms with Gasteiger partial charge in [0.2, 0.25) is 5.75 Å². The Bertz CT molecular complexity index is 398. The summed E-state index contributed by atoms with van der Waals surface area (Å²) < 4.78 is 38.5. The summed E-state index contributed by atoms with van der Waals surface area (Å²) in [5.41, 5.74) is 3.16. The number of nitrogens with one attached hydrogen (secondary N) is 1. The molecule has 0 radical (unpaired) electrons. The second-order valence-electron chi connectivity index (χ2n) is 2.29. The molecule has 0 bridgehead atoms. The number of aromatic nitrogens is 1. The molecule has 0 aromatic carbocycles. The number of hydrogen-bond acceptors (Lipinski definition) is 4. The maximum absolute atomic E-state index is 11.7. The van der Waals surface area contributed by atoms with Gasteiger partial charge in [0.05, 0.1) is 6.20 Å². The number of nitrogens with two attached hydrogens (primary N) is 1. The van der Waals surface area contributed by atoms with Crippen LogP contribution in [0.2, 0.25) is 0 Å². The molecular weight excluding hydrogens is 205 g/mol. The summed E-state index contributed by atoms with van der Waals surface area (Å²) in [5, 5.41) is 8.90. The number of pyridine rings is 1. The average molecular weight is 210 g/mol. The monoisotopic (exact) mass is 210 g/mol. The van der Waals surface area contributed by atoms with Crippen LogP contribution in [0.1, 0.15) is 0 Å². The lowest BCUT2D eigenvalue weighted by Crippen LogP contribution is -2.21. The van der Waals surface area contributed by atoms with E-state index in [0.717, 1.165) is 0 Å². The molecule has 1 heterocycles. The summed E-state index contributed by atoms with van der Waals surface area (Å²) in [7, 11) is 0. The van der Waals surface area contributed by atoms with Crippen LogP contribution in [0.4, 0.5) is 18.9 Å². The molecule has 0 aliphatic carbocycles. The average Bonchev–Trinajstić information content (AvgIpc) is 2.04. The number of anilines is 1. The highest BCUT2D eigenvalue weighted by molar-refractivity contribution is 5.57. The molecule has 0 aliphatic heterocycles. The van der Waals surface area contributed by atoms with Crippen molar-refractivity contribution in [1.29, 1.82) is 0 Å². The van der Waals surface area contributed by atoms with Gasteiger partial charge in [-0.25, -0.2) is 0 Å². The van der Waals surface area contributed by atoms with Crippen LogP contribution in [0.25, 0.3) is 0 Å². The summed E-state index contributed by atoms with van der Waals surface area (Å²) in [5.74, 6) is -1.99. The van der Waals surface area contributed by atoms with E-state index in [0.29, 0.717) is 6.20 Å². The molecule has 1 aromatic heterocycles. The quantitative estimate of drug-likeness (QED) is 0.631. The van der Waals surface area contributed by atoms with Crippen molar-refractivity contribution in [2.24, 2.45) is 0 Å². The zero-order valence-corrected chi connectivity index (χ0v) is 6.55. The van der Waals surface area contributed by atoms with Crippen LogP contribution < -0.4 is 16.0 Å². The summed E-state index contributed by atoms with van der Waals surface area (Å²) >= 11 is 0. The molecule has 14 heavy (non-hydrogen) atoms. The van der Waals surface area contributed by atoms with Crippen molar-refractivity contribution in [2.75, 3.05) is 5.73 Å². The van der Waals surface area contributed by atoms with Gasteiger partial charge in [0.25, 0.3) is 5.56 Å². The molecular formula is C6H5F3N2O3. The first-order valence-corrected chi connectivity index (χ1v) is 3.27. The summed E-state index contributed by atoms with van der Waals surface area (Å²) in [6.45, 7) is 0. The summed E-state index contributed by atoms with van der Waals surface area (Å²) in [6.07, 6.45) is -4.36. The lowest BCUT2D eigenvalue weighted by molar-refractivity contribution is -0.274. The third kappa shape index (κ3) is 2.09. The molecule has 8 heteroatoms. The molecule has 4 N–H and O–H groups in total. The van der Waals surface area contributed by atoms with E-state index in [4.69, 9.17) is 10.8 Å². The summed E-state index contributed by atoms with van der Waals surface area (Å²) in [4.78, 5) is 12.7. The van der Waals surface area contributed by atoms with E-state index in [2.05, 4.69) is 4.74 Å². The standard InChI is InChI=1S/C6H5F3N2O3/c7-6(8,9)14-4-2(12)1-11-5(13)3(4)10/h1,12H,10H2,(H,11,13). The molecule has 0 amide bonds. The van der Waals surface area contributed by atoms with Gasteiger partial charge in [-0.3, -0.25) is 4.79 Å². The van der Waals surface area contributed by atoms with Gasteiger partial charge in [0, 0.05) is 0 Å². The Kier molecular flexibility index (Phi) is 2.28. The number of hydrogen-bond donors (Lipinski definition) is 3. The Morgan fingerprint density at radius 1 is 1.50 bits per heavy atom. The SMILES string of the molecule is Nc1c(OC(F)(F)F)c(O)c[nH]c1=O. The fraction of sp³-hybridized carbons (Fsp3) is 0.167. The maximum atomic E-state index is 11.7. The Morgan fingerprint density at radius 2 is 2.07 bits per heavy atom. The van der Waals surface area contributed by atoms with Gasteiger partial charge in [-0.05, 0) is 0 Å². The molecule has 0 saturated carbocycles. The lowest BCUT2D eigenvalue weighted by atomic mass is 10.3. The molecule has 1 aromatic rings. The first kappa shape index (κ1) is 10.2. The van der Waals surface area contributed by atoms with E-state index in [1.54, 1.807) is 0 Å². The topological polar surface area (TPSA) is 88.3 Å². The van der Waals surface area contributed by atoms with E-state index in [-0.39, 0.29) is 0 Å². The van der Waals surface area contributed by atoms with Gasteiger partial charge in [0.15, 0.2) is 5.75 Å². The second kappa shape index (κ2) is 3.13. The van der Waals surface area contributed by atoms with Crippen molar-refractivity contribution in [3.8, 4) is 11.5 Å². The van der Waals surface area contributed by atoms with Gasteiger partial charge >= 0.3 is 6.36 Å². The van der Waals surface area contributed by atoms with Gasteiger partial charge in [-0.2, -0.15) is 0 Å². The Morgan fingerprint density at radius 3 is 2.57 bits per heavy atom. The van der Waals surface area contributed by atoms with Gasteiger partial charge in [0.1, 0.15) is 5.69 Å². The molecule has 5 nitrogen and oxygen atoms in total. The van der Waals surface area contributed by atoms with Crippen LogP contribution in [0.3, 0.4) is 0 Å². The molecule has 78 valence electrons. The molecule has 0 saturated heterocycles. The molecule has 0 spiro atoms. The van der Waals surface area contributed by atoms with Crippen LogP contribution in [0.15, 0.2) is 11.0 Å². The number of ether oxygens (including phenoxy) is 1. The normalized spacial score (nSPS) is 11.4. The first-order valence-electron chi connectivity index (χ1n) is 3.27. The molecule has 1 rings (SSSR count). The van der Waals surface area contributed by atoms with E-state index in [1.165, 1.54) is 0 Å². The van der Waals surface area contributed by atoms with Crippen molar-refractivity contribution in [3.05, 3.63) is 16.6 Å². The number of rotatable bonds is 1. The maximum Gasteiger partial charge on any atom is 0.573 e. The van der Waals surface area contributed by atoms with Gasteiger partial charge < -0.3 is 20.6 Å². The van der Waals surface area contributed by atoms with E-state index in [9.17, 15) is 18.0 Å². The zero-order chi connectivity index (χ0) is 10.9.